The third-order valence-corrected chi connectivity index (χ3v) is 9.70. The monoisotopic (exact) mass is 651 g/mol. The maximum Gasteiger partial charge on any atom is 0.308 e. The van der Waals surface area contributed by atoms with Crippen molar-refractivity contribution in [3.8, 4) is 17.2 Å². The smallest absolute Gasteiger partial charge is 0.308 e. The van der Waals surface area contributed by atoms with Crippen LogP contribution in [0.2, 0.25) is 0 Å². The highest BCUT2D eigenvalue weighted by molar-refractivity contribution is 6.01. The third-order valence-electron chi connectivity index (χ3n) is 9.70. The van der Waals surface area contributed by atoms with Crippen molar-refractivity contribution in [2.45, 2.75) is 57.4 Å². The first-order valence-electron chi connectivity index (χ1n) is 16.9. The zero-order valence-electron chi connectivity index (χ0n) is 28.6. The van der Waals surface area contributed by atoms with Crippen molar-refractivity contribution in [1.82, 2.24) is 9.80 Å². The average Bonchev–Trinajstić information content (AvgIpc) is 3.73. The highest BCUT2D eigenvalue weighted by Gasteiger charge is 2.48. The zero-order valence-corrected chi connectivity index (χ0v) is 28.6. The van der Waals surface area contributed by atoms with E-state index in [1.54, 1.807) is 12.0 Å². The number of ether oxygens (including phenoxy) is 3. The summed E-state index contributed by atoms with van der Waals surface area (Å²) in [6.45, 7) is 5.46. The summed E-state index contributed by atoms with van der Waals surface area (Å²) < 4.78 is 17.8. The molecule has 5 rings (SSSR count). The molecule has 1 saturated heterocycles. The van der Waals surface area contributed by atoms with Crippen molar-refractivity contribution in [2.75, 3.05) is 79.2 Å². The number of rotatable bonds is 16. The third kappa shape index (κ3) is 8.01. The number of carboxylic acids is 1. The molecule has 256 valence electrons. The topological polar surface area (TPSA) is 109 Å². The van der Waals surface area contributed by atoms with Crippen LogP contribution < -0.4 is 19.1 Å². The molecule has 0 unspecified atom stereocenters. The van der Waals surface area contributed by atoms with Gasteiger partial charge in [-0.3, -0.25) is 19.3 Å². The fourth-order valence-corrected chi connectivity index (χ4v) is 7.25. The van der Waals surface area contributed by atoms with Crippen molar-refractivity contribution in [3.63, 3.8) is 0 Å². The van der Waals surface area contributed by atoms with Gasteiger partial charge < -0.3 is 33.6 Å². The molecule has 3 aliphatic heterocycles. The first-order chi connectivity index (χ1) is 22.5. The maximum atomic E-state index is 14.0. The lowest BCUT2D eigenvalue weighted by molar-refractivity contribution is -0.870. The largest absolute Gasteiger partial charge is 0.493 e. The van der Waals surface area contributed by atoms with Crippen LogP contribution in [-0.2, 0) is 20.8 Å². The number of unbranched alkanes of at least 4 members (excludes halogenated alkanes) is 2. The Kier molecular flexibility index (Phi) is 11.0. The summed E-state index contributed by atoms with van der Waals surface area (Å²) in [6.07, 6.45) is 4.59. The summed E-state index contributed by atoms with van der Waals surface area (Å²) >= 11 is 0. The van der Waals surface area contributed by atoms with Gasteiger partial charge in [-0.25, -0.2) is 0 Å². The van der Waals surface area contributed by atoms with Gasteiger partial charge in [0, 0.05) is 43.8 Å². The Bertz CT molecular complexity index is 1440. The second kappa shape index (κ2) is 14.9. The Hall–Kier alpha value is -3.83. The summed E-state index contributed by atoms with van der Waals surface area (Å²) in [5.74, 6) is -0.619. The van der Waals surface area contributed by atoms with Crippen LogP contribution in [0.15, 0.2) is 36.4 Å². The molecule has 47 heavy (non-hydrogen) atoms. The average molecular weight is 652 g/mol. The number of hydrogen-bond donors (Lipinski definition) is 1. The number of methoxy groups -OCH3 is 1. The van der Waals surface area contributed by atoms with E-state index in [4.69, 9.17) is 14.2 Å². The molecule has 0 spiro atoms. The Morgan fingerprint density at radius 1 is 1.09 bits per heavy atom. The molecule has 0 bridgehead atoms. The van der Waals surface area contributed by atoms with E-state index in [1.807, 2.05) is 46.2 Å². The van der Waals surface area contributed by atoms with E-state index in [0.717, 1.165) is 53.5 Å². The lowest BCUT2D eigenvalue weighted by atomic mass is 9.84. The van der Waals surface area contributed by atoms with Gasteiger partial charge in [-0.2, -0.15) is 0 Å². The van der Waals surface area contributed by atoms with Gasteiger partial charge in [0.2, 0.25) is 24.4 Å². The lowest BCUT2D eigenvalue weighted by Crippen LogP contribution is -2.46. The number of carbonyl (C=O) groups is 3. The van der Waals surface area contributed by atoms with Crippen LogP contribution in [0.1, 0.15) is 56.1 Å². The number of likely N-dealkylation sites (tertiary alicyclic amines) is 1. The first kappa shape index (κ1) is 34.5. The first-order valence-corrected chi connectivity index (χ1v) is 16.9. The van der Waals surface area contributed by atoms with E-state index in [1.165, 1.54) is 0 Å². The second-order valence-electron chi connectivity index (χ2n) is 14.0. The van der Waals surface area contributed by atoms with Gasteiger partial charge in [0.25, 0.3) is 0 Å². The van der Waals surface area contributed by atoms with Gasteiger partial charge in [0.1, 0.15) is 0 Å². The molecule has 3 atom stereocenters. The van der Waals surface area contributed by atoms with Crippen molar-refractivity contribution in [1.29, 1.82) is 0 Å². The normalized spacial score (nSPS) is 20.5. The minimum Gasteiger partial charge on any atom is -0.493 e. The Balaban J connectivity index is 1.41. The van der Waals surface area contributed by atoms with Crippen LogP contribution >= 0.6 is 0 Å². The van der Waals surface area contributed by atoms with Crippen molar-refractivity contribution >= 4 is 23.5 Å². The van der Waals surface area contributed by atoms with Gasteiger partial charge in [-0.05, 0) is 55.0 Å². The molecular formula is C36H51N4O7+. The predicted octanol–water partition coefficient (Wildman–Crippen LogP) is 3.99. The van der Waals surface area contributed by atoms with E-state index in [0.29, 0.717) is 56.3 Å². The Morgan fingerprint density at radius 3 is 2.57 bits per heavy atom. The second-order valence-corrected chi connectivity index (χ2v) is 14.0. The van der Waals surface area contributed by atoms with Gasteiger partial charge in [0.15, 0.2) is 11.5 Å². The SMILES string of the molecule is CCCCN(CCCC[N+](C)(C)C)C(=O)CN1C[C@H](c2cc(OC)c3c(c2)OCO3)[C@@H](C(=O)O)[C@@H]1CCN1C(=O)Cc2ccccc21. The number of nitrogens with zero attached hydrogens (tertiary/aromatic N) is 4. The molecule has 2 aromatic carbocycles. The zero-order chi connectivity index (χ0) is 33.7. The van der Waals surface area contributed by atoms with E-state index < -0.39 is 23.8 Å². The molecule has 1 fully saturated rings. The fraction of sp³-hybridized carbons (Fsp3) is 0.583. The molecule has 0 aromatic heterocycles. The fourth-order valence-electron chi connectivity index (χ4n) is 7.25. The molecule has 3 aliphatic rings. The number of carbonyl (C=O) groups excluding carboxylic acids is 2. The molecular weight excluding hydrogens is 600 g/mol. The summed E-state index contributed by atoms with van der Waals surface area (Å²) in [4.78, 5) is 45.9. The summed E-state index contributed by atoms with van der Waals surface area (Å²) in [5.41, 5.74) is 2.62. The number of quaternary nitrogens is 1. The molecule has 2 amide bonds. The highest BCUT2D eigenvalue weighted by Crippen LogP contribution is 2.47. The van der Waals surface area contributed by atoms with Crippen LogP contribution in [0.3, 0.4) is 0 Å². The molecule has 1 N–H and O–H groups in total. The number of benzene rings is 2. The number of para-hydroxylation sites is 1. The summed E-state index contributed by atoms with van der Waals surface area (Å²) in [5, 5.41) is 10.7. The van der Waals surface area contributed by atoms with E-state index in [-0.39, 0.29) is 25.2 Å². The minimum atomic E-state index is -0.928. The van der Waals surface area contributed by atoms with Crippen molar-refractivity contribution in [3.05, 3.63) is 47.5 Å². The molecule has 3 heterocycles. The molecule has 11 heteroatoms. The van der Waals surface area contributed by atoms with Crippen molar-refractivity contribution < 1.29 is 38.2 Å². The van der Waals surface area contributed by atoms with Gasteiger partial charge in [0.05, 0.1) is 53.7 Å². The van der Waals surface area contributed by atoms with E-state index >= 15 is 0 Å². The Morgan fingerprint density at radius 2 is 1.85 bits per heavy atom. The molecule has 0 saturated carbocycles. The van der Waals surface area contributed by atoms with Crippen LogP contribution in [0, 0.1) is 5.92 Å². The van der Waals surface area contributed by atoms with E-state index in [9.17, 15) is 19.5 Å². The van der Waals surface area contributed by atoms with E-state index in [2.05, 4.69) is 28.1 Å². The number of amides is 2. The molecule has 2 aromatic rings. The van der Waals surface area contributed by atoms with Crippen LogP contribution in [0.5, 0.6) is 17.2 Å². The van der Waals surface area contributed by atoms with Crippen molar-refractivity contribution in [2.24, 2.45) is 5.92 Å². The predicted molar refractivity (Wildman–Crippen MR) is 179 cm³/mol. The quantitative estimate of drug-likeness (QED) is 0.215. The van der Waals surface area contributed by atoms with Gasteiger partial charge in [-0.15, -0.1) is 0 Å². The highest BCUT2D eigenvalue weighted by atomic mass is 16.7. The van der Waals surface area contributed by atoms with Crippen LogP contribution in [0.25, 0.3) is 0 Å². The molecule has 0 radical (unpaired) electrons. The molecule has 11 nitrogen and oxygen atoms in total. The van der Waals surface area contributed by atoms with Gasteiger partial charge >= 0.3 is 5.97 Å². The Labute approximate surface area is 278 Å². The van der Waals surface area contributed by atoms with Crippen LogP contribution in [-0.4, -0.2) is 118 Å². The number of fused-ring (bicyclic) bond motifs is 2. The standard InChI is InChI=1S/C36H50N4O7/c1-6-7-15-37(16-10-11-18-40(2,3)4)33(42)23-38-22-27(26-19-30(45-5)35-31(20-26)46-24-47-35)34(36(43)44)29(38)14-17-39-28-13-9-8-12-25(28)21-32(39)41/h8-9,12-13,19-20,27,29,34H,6-7,10-11,14-18,21-24H2,1-5H3/p+1/t27-,29+,34-/m1/s1. The van der Waals surface area contributed by atoms with Gasteiger partial charge in [-0.1, -0.05) is 31.5 Å². The summed E-state index contributed by atoms with van der Waals surface area (Å²) in [7, 11) is 8.07. The summed E-state index contributed by atoms with van der Waals surface area (Å²) in [6, 6.07) is 11.0. The van der Waals surface area contributed by atoms with Crippen LogP contribution in [0.4, 0.5) is 5.69 Å². The minimum absolute atomic E-state index is 0.00961. The molecule has 0 aliphatic carbocycles. The number of hydrogen-bond acceptors (Lipinski definition) is 7. The lowest BCUT2D eigenvalue weighted by Gasteiger charge is -2.31. The number of carboxylic acid groups (broad SMARTS) is 1. The number of anilines is 1. The maximum absolute atomic E-state index is 14.0. The number of aliphatic carboxylic acids is 1.